The maximum Gasteiger partial charge on any atom is 0.258 e. The number of nitrogens with zero attached hydrogens (tertiary/aromatic N) is 4. The fourth-order valence-electron chi connectivity index (χ4n) is 3.37. The van der Waals surface area contributed by atoms with E-state index in [1.54, 1.807) is 4.90 Å². The van der Waals surface area contributed by atoms with E-state index in [1.807, 2.05) is 63.1 Å². The van der Waals surface area contributed by atoms with E-state index in [4.69, 9.17) is 0 Å². The normalized spacial score (nSPS) is 14.4. The van der Waals surface area contributed by atoms with Crippen molar-refractivity contribution in [2.75, 3.05) is 32.4 Å². The smallest absolute Gasteiger partial charge is 0.258 e. The van der Waals surface area contributed by atoms with Crippen LogP contribution in [0.1, 0.15) is 57.6 Å². The second-order valence-electron chi connectivity index (χ2n) is 7.66. The molecule has 0 N–H and O–H groups in total. The van der Waals surface area contributed by atoms with Crippen LogP contribution in [0.5, 0.6) is 0 Å². The number of hydrogen-bond donors (Lipinski definition) is 0. The van der Waals surface area contributed by atoms with Crippen LogP contribution >= 0.6 is 11.8 Å². The first-order valence-corrected chi connectivity index (χ1v) is 11.1. The molecular formula is C22H28N4O2S. The molecular weight excluding hydrogens is 384 g/mol. The Hall–Kier alpha value is -2.41. The van der Waals surface area contributed by atoms with E-state index in [0.717, 1.165) is 22.1 Å². The van der Waals surface area contributed by atoms with E-state index in [1.165, 1.54) is 11.8 Å². The first-order valence-electron chi connectivity index (χ1n) is 9.89. The maximum absolute atomic E-state index is 13.2. The molecule has 29 heavy (non-hydrogen) atoms. The maximum atomic E-state index is 13.2. The zero-order valence-electron chi connectivity index (χ0n) is 17.7. The highest BCUT2D eigenvalue weighted by molar-refractivity contribution is 7.98. The molecule has 0 aliphatic carbocycles. The van der Waals surface area contributed by atoms with Crippen molar-refractivity contribution in [3.8, 4) is 0 Å². The second-order valence-corrected chi connectivity index (χ2v) is 8.45. The quantitative estimate of drug-likeness (QED) is 0.568. The first-order chi connectivity index (χ1) is 13.8. The van der Waals surface area contributed by atoms with Crippen LogP contribution in [0, 0.1) is 13.8 Å². The van der Waals surface area contributed by atoms with Gasteiger partial charge in [-0.2, -0.15) is 0 Å². The van der Waals surface area contributed by atoms with Crippen LogP contribution in [0.15, 0.2) is 29.3 Å². The molecule has 154 valence electrons. The summed E-state index contributed by atoms with van der Waals surface area (Å²) in [5.74, 6) is 0.935. The van der Waals surface area contributed by atoms with Gasteiger partial charge in [-0.15, -0.1) is 11.8 Å². The molecule has 2 aromatic rings. The van der Waals surface area contributed by atoms with Crippen LogP contribution in [0.4, 0.5) is 0 Å². The molecule has 0 spiro atoms. The standard InChI is InChI=1S/C22H28N4O2S/c1-14(2)19-23-16(4)18(20(24-19)29-5)22(28)26-12-10-25(11-13-26)21(27)17-8-6-15(3)7-9-17/h6-9,14H,10-13H2,1-5H3. The predicted octanol–water partition coefficient (Wildman–Crippen LogP) is 3.54. The highest BCUT2D eigenvalue weighted by Gasteiger charge is 2.28. The van der Waals surface area contributed by atoms with Crippen molar-refractivity contribution in [3.63, 3.8) is 0 Å². The van der Waals surface area contributed by atoms with E-state index in [0.29, 0.717) is 37.3 Å². The summed E-state index contributed by atoms with van der Waals surface area (Å²) in [6, 6.07) is 7.61. The Morgan fingerprint density at radius 2 is 1.48 bits per heavy atom. The monoisotopic (exact) mass is 412 g/mol. The molecule has 0 unspecified atom stereocenters. The molecule has 1 saturated heterocycles. The zero-order chi connectivity index (χ0) is 21.1. The van der Waals surface area contributed by atoms with Gasteiger partial charge in [0.15, 0.2) is 0 Å². The van der Waals surface area contributed by atoms with E-state index in [2.05, 4.69) is 9.97 Å². The SMILES string of the molecule is CSc1nc(C(C)C)nc(C)c1C(=O)N1CCN(C(=O)c2ccc(C)cc2)CC1. The Balaban J connectivity index is 1.72. The molecule has 6 nitrogen and oxygen atoms in total. The number of carbonyl (C=O) groups excluding carboxylic acids is 2. The number of carbonyl (C=O) groups is 2. The largest absolute Gasteiger partial charge is 0.335 e. The molecule has 0 atom stereocenters. The van der Waals surface area contributed by atoms with Crippen molar-refractivity contribution in [1.29, 1.82) is 0 Å². The van der Waals surface area contributed by atoms with Crippen molar-refractivity contribution in [2.45, 2.75) is 38.6 Å². The molecule has 0 radical (unpaired) electrons. The summed E-state index contributed by atoms with van der Waals surface area (Å²) in [5.41, 5.74) is 3.12. The van der Waals surface area contributed by atoms with Crippen molar-refractivity contribution < 1.29 is 9.59 Å². The number of aryl methyl sites for hydroxylation is 2. The van der Waals surface area contributed by atoms with Crippen LogP contribution in [0.2, 0.25) is 0 Å². The highest BCUT2D eigenvalue weighted by Crippen LogP contribution is 2.25. The minimum atomic E-state index is -0.0513. The molecule has 2 heterocycles. The number of amides is 2. The number of thioether (sulfide) groups is 1. The van der Waals surface area contributed by atoms with Gasteiger partial charge in [0, 0.05) is 37.7 Å². The lowest BCUT2D eigenvalue weighted by Crippen LogP contribution is -2.50. The zero-order valence-corrected chi connectivity index (χ0v) is 18.5. The third kappa shape index (κ3) is 4.61. The predicted molar refractivity (Wildman–Crippen MR) is 116 cm³/mol. The molecule has 3 rings (SSSR count). The van der Waals surface area contributed by atoms with Gasteiger partial charge in [-0.25, -0.2) is 9.97 Å². The lowest BCUT2D eigenvalue weighted by molar-refractivity contribution is 0.0532. The number of aromatic nitrogens is 2. The van der Waals surface area contributed by atoms with Crippen LogP contribution in [0.25, 0.3) is 0 Å². The molecule has 2 amide bonds. The van der Waals surface area contributed by atoms with Gasteiger partial charge in [-0.3, -0.25) is 9.59 Å². The molecule has 1 aliphatic heterocycles. The lowest BCUT2D eigenvalue weighted by atomic mass is 10.1. The minimum Gasteiger partial charge on any atom is -0.335 e. The summed E-state index contributed by atoms with van der Waals surface area (Å²) in [4.78, 5) is 38.7. The summed E-state index contributed by atoms with van der Waals surface area (Å²) >= 11 is 1.47. The van der Waals surface area contributed by atoms with Crippen molar-refractivity contribution in [2.24, 2.45) is 0 Å². The summed E-state index contributed by atoms with van der Waals surface area (Å²) in [7, 11) is 0. The van der Waals surface area contributed by atoms with Crippen molar-refractivity contribution in [3.05, 3.63) is 52.5 Å². The number of hydrogen-bond acceptors (Lipinski definition) is 5. The number of rotatable bonds is 4. The molecule has 0 saturated carbocycles. The summed E-state index contributed by atoms with van der Waals surface area (Å²) in [6.45, 7) is 10.0. The van der Waals surface area contributed by atoms with Gasteiger partial charge in [-0.1, -0.05) is 31.5 Å². The number of benzene rings is 1. The van der Waals surface area contributed by atoms with Crippen LogP contribution in [0.3, 0.4) is 0 Å². The Bertz CT molecular complexity index is 904. The summed E-state index contributed by atoms with van der Waals surface area (Å²) < 4.78 is 0. The van der Waals surface area contributed by atoms with Gasteiger partial charge in [0.2, 0.25) is 0 Å². The van der Waals surface area contributed by atoms with E-state index in [9.17, 15) is 9.59 Å². The Morgan fingerprint density at radius 1 is 0.931 bits per heavy atom. The lowest BCUT2D eigenvalue weighted by Gasteiger charge is -2.35. The van der Waals surface area contributed by atoms with Gasteiger partial charge in [0.25, 0.3) is 11.8 Å². The summed E-state index contributed by atoms with van der Waals surface area (Å²) in [6.07, 6.45) is 1.93. The molecule has 1 aromatic heterocycles. The van der Waals surface area contributed by atoms with Gasteiger partial charge in [0.1, 0.15) is 10.9 Å². The topological polar surface area (TPSA) is 66.4 Å². The van der Waals surface area contributed by atoms with Gasteiger partial charge in [-0.05, 0) is 32.2 Å². The average molecular weight is 413 g/mol. The van der Waals surface area contributed by atoms with E-state index in [-0.39, 0.29) is 17.7 Å². The molecule has 0 bridgehead atoms. The Kier molecular flexibility index (Phi) is 6.57. The van der Waals surface area contributed by atoms with Crippen molar-refractivity contribution >= 4 is 23.6 Å². The van der Waals surface area contributed by atoms with Crippen LogP contribution < -0.4 is 0 Å². The molecule has 1 aromatic carbocycles. The fraction of sp³-hybridized carbons (Fsp3) is 0.455. The molecule has 7 heteroatoms. The van der Waals surface area contributed by atoms with Crippen LogP contribution in [-0.4, -0.2) is 64.0 Å². The minimum absolute atomic E-state index is 0.0164. The van der Waals surface area contributed by atoms with E-state index < -0.39 is 0 Å². The third-order valence-electron chi connectivity index (χ3n) is 5.15. The third-order valence-corrected chi connectivity index (χ3v) is 5.83. The Morgan fingerprint density at radius 3 is 2.00 bits per heavy atom. The highest BCUT2D eigenvalue weighted by atomic mass is 32.2. The molecule has 1 aliphatic rings. The Labute approximate surface area is 176 Å². The van der Waals surface area contributed by atoms with Gasteiger partial charge < -0.3 is 9.80 Å². The summed E-state index contributed by atoms with van der Waals surface area (Å²) in [5, 5.41) is 0.726. The van der Waals surface area contributed by atoms with E-state index >= 15 is 0 Å². The van der Waals surface area contributed by atoms with Gasteiger partial charge in [0.05, 0.1) is 11.3 Å². The van der Waals surface area contributed by atoms with Gasteiger partial charge >= 0.3 is 0 Å². The average Bonchev–Trinajstić information content (AvgIpc) is 2.72. The van der Waals surface area contributed by atoms with Crippen LogP contribution in [-0.2, 0) is 0 Å². The second kappa shape index (κ2) is 8.95. The fourth-order valence-corrected chi connectivity index (χ4v) is 3.99. The molecule has 1 fully saturated rings. The number of piperazine rings is 1. The first kappa shape index (κ1) is 21.3. The van der Waals surface area contributed by atoms with Crippen molar-refractivity contribution in [1.82, 2.24) is 19.8 Å².